The molecule has 140 valence electrons. The molecule has 4 rings (SSSR count). The van der Waals surface area contributed by atoms with Crippen molar-refractivity contribution in [2.75, 3.05) is 14.1 Å². The fourth-order valence-corrected chi connectivity index (χ4v) is 3.13. The first-order chi connectivity index (χ1) is 13.5. The zero-order valence-corrected chi connectivity index (χ0v) is 15.6. The lowest BCUT2D eigenvalue weighted by Gasteiger charge is -2.12. The van der Waals surface area contributed by atoms with E-state index in [-0.39, 0.29) is 17.3 Å². The fourth-order valence-electron chi connectivity index (χ4n) is 3.13. The molecule has 0 spiro atoms. The molecule has 2 aromatic heterocycles. The molecular weight excluding hydrogens is 354 g/mol. The summed E-state index contributed by atoms with van der Waals surface area (Å²) in [6.07, 6.45) is 0. The molecule has 4 aromatic rings. The third kappa shape index (κ3) is 3.23. The molecule has 1 amide bonds. The van der Waals surface area contributed by atoms with Crippen molar-refractivity contribution >= 4 is 33.4 Å². The summed E-state index contributed by atoms with van der Waals surface area (Å²) in [6.45, 7) is 0.474. The van der Waals surface area contributed by atoms with Crippen LogP contribution in [0.5, 0.6) is 5.88 Å². The van der Waals surface area contributed by atoms with E-state index >= 15 is 0 Å². The molecule has 0 radical (unpaired) electrons. The number of nitrogens with zero attached hydrogens (tertiary/aromatic N) is 5. The molecule has 0 aliphatic rings. The van der Waals surface area contributed by atoms with Crippen LogP contribution in [0.1, 0.15) is 10.5 Å². The number of rotatable bonds is 4. The molecule has 0 saturated carbocycles. The van der Waals surface area contributed by atoms with Gasteiger partial charge in [0.05, 0.1) is 17.7 Å². The summed E-state index contributed by atoms with van der Waals surface area (Å²) in [5.41, 5.74) is 2.01. The molecule has 0 aliphatic carbocycles. The first-order valence-corrected chi connectivity index (χ1v) is 8.81. The maximum Gasteiger partial charge on any atom is 0.313 e. The summed E-state index contributed by atoms with van der Waals surface area (Å²) >= 11 is 0. The summed E-state index contributed by atoms with van der Waals surface area (Å²) in [7, 11) is 3.81. The molecule has 0 aliphatic heterocycles. The molecule has 7 heteroatoms. The Hall–Kier alpha value is -3.58. The Morgan fingerprint density at radius 3 is 2.64 bits per heavy atom. The topological polar surface area (TPSA) is 83.1 Å². The second-order valence-electron chi connectivity index (χ2n) is 6.73. The van der Waals surface area contributed by atoms with E-state index < -0.39 is 5.91 Å². The monoisotopic (exact) mass is 373 g/mol. The van der Waals surface area contributed by atoms with Gasteiger partial charge in [0.1, 0.15) is 5.69 Å². The number of fused-ring (bicyclic) bond motifs is 2. The zero-order chi connectivity index (χ0) is 19.7. The van der Waals surface area contributed by atoms with Crippen LogP contribution < -0.4 is 0 Å². The van der Waals surface area contributed by atoms with Crippen LogP contribution in [0.3, 0.4) is 0 Å². The van der Waals surface area contributed by atoms with E-state index in [1.54, 1.807) is 10.6 Å². The number of carbonyl (C=O) groups excluding carboxylic acids is 1. The molecule has 28 heavy (non-hydrogen) atoms. The van der Waals surface area contributed by atoms with E-state index in [2.05, 4.69) is 15.2 Å². The minimum Gasteiger partial charge on any atom is -0.493 e. The highest BCUT2D eigenvalue weighted by Gasteiger charge is 2.17. The number of benzene rings is 2. The molecule has 0 unspecified atom stereocenters. The number of amides is 1. The Morgan fingerprint density at radius 2 is 1.82 bits per heavy atom. The van der Waals surface area contributed by atoms with Gasteiger partial charge in [-0.15, -0.1) is 10.2 Å². The van der Waals surface area contributed by atoms with Gasteiger partial charge in [0, 0.05) is 10.8 Å². The fraction of sp³-hybridized carbons (Fsp3) is 0.143. The molecule has 7 nitrogen and oxygen atoms in total. The lowest BCUT2D eigenvalue weighted by atomic mass is 10.2. The summed E-state index contributed by atoms with van der Waals surface area (Å²) in [5.74, 6) is -0.590. The van der Waals surface area contributed by atoms with Crippen molar-refractivity contribution in [3.05, 3.63) is 66.4 Å². The Bertz CT molecular complexity index is 1210. The molecule has 1 N–H and O–H groups in total. The van der Waals surface area contributed by atoms with E-state index in [1.165, 1.54) is 0 Å². The van der Waals surface area contributed by atoms with E-state index in [0.717, 1.165) is 16.3 Å². The van der Waals surface area contributed by atoms with Gasteiger partial charge in [0.25, 0.3) is 0 Å². The van der Waals surface area contributed by atoms with Crippen LogP contribution >= 0.6 is 0 Å². The lowest BCUT2D eigenvalue weighted by molar-refractivity contribution is 0.0990. The Labute approximate surface area is 161 Å². The average Bonchev–Trinajstić information content (AvgIpc) is 2.96. The lowest BCUT2D eigenvalue weighted by Crippen LogP contribution is -2.16. The number of hydrogen-bond donors (Lipinski definition) is 1. The number of pyridine rings is 1. The summed E-state index contributed by atoms with van der Waals surface area (Å²) in [6, 6.07) is 18.5. The van der Waals surface area contributed by atoms with Crippen molar-refractivity contribution in [1.29, 1.82) is 0 Å². The Kier molecular flexibility index (Phi) is 4.58. The van der Waals surface area contributed by atoms with Gasteiger partial charge in [-0.25, -0.2) is 4.98 Å². The molecule has 0 bridgehead atoms. The SMILES string of the molecule is CN(C)Cn1c(O)c(N=NC(=O)c2ccc3ccccc3n2)c2ccccc21. The van der Waals surface area contributed by atoms with E-state index in [4.69, 9.17) is 0 Å². The summed E-state index contributed by atoms with van der Waals surface area (Å²) in [4.78, 5) is 18.7. The number of hydrogen-bond acceptors (Lipinski definition) is 5. The van der Waals surface area contributed by atoms with E-state index in [9.17, 15) is 9.90 Å². The van der Waals surface area contributed by atoms with Crippen LogP contribution in [0.4, 0.5) is 5.69 Å². The first-order valence-electron chi connectivity index (χ1n) is 8.81. The van der Waals surface area contributed by atoms with Gasteiger partial charge in [0.15, 0.2) is 5.69 Å². The maximum absolute atomic E-state index is 12.5. The number of carbonyl (C=O) groups is 1. The van der Waals surface area contributed by atoms with Crippen LogP contribution in [0.15, 0.2) is 70.9 Å². The molecular formula is C21H19N5O2. The second kappa shape index (κ2) is 7.21. The van der Waals surface area contributed by atoms with Crippen LogP contribution in [0.25, 0.3) is 21.8 Å². The molecule has 2 aromatic carbocycles. The minimum absolute atomic E-state index is 0.0297. The third-order valence-electron chi connectivity index (χ3n) is 4.40. The predicted molar refractivity (Wildman–Crippen MR) is 108 cm³/mol. The summed E-state index contributed by atoms with van der Waals surface area (Å²) < 4.78 is 1.72. The van der Waals surface area contributed by atoms with Gasteiger partial charge in [-0.05, 0) is 32.3 Å². The summed E-state index contributed by atoms with van der Waals surface area (Å²) in [5, 5.41) is 20.2. The van der Waals surface area contributed by atoms with Crippen molar-refractivity contribution in [1.82, 2.24) is 14.5 Å². The molecule has 2 heterocycles. The van der Waals surface area contributed by atoms with Gasteiger partial charge < -0.3 is 5.11 Å². The maximum atomic E-state index is 12.5. The average molecular weight is 373 g/mol. The quantitative estimate of drug-likeness (QED) is 0.540. The third-order valence-corrected chi connectivity index (χ3v) is 4.40. The van der Waals surface area contributed by atoms with Gasteiger partial charge >= 0.3 is 5.91 Å². The highest BCUT2D eigenvalue weighted by atomic mass is 16.3. The smallest absolute Gasteiger partial charge is 0.313 e. The number of azo groups is 1. The zero-order valence-electron chi connectivity index (χ0n) is 15.6. The second-order valence-corrected chi connectivity index (χ2v) is 6.73. The molecule has 0 atom stereocenters. The minimum atomic E-state index is -0.561. The van der Waals surface area contributed by atoms with E-state index in [1.807, 2.05) is 73.6 Å². The Balaban J connectivity index is 1.71. The largest absolute Gasteiger partial charge is 0.493 e. The van der Waals surface area contributed by atoms with Gasteiger partial charge in [0.2, 0.25) is 5.88 Å². The molecule has 0 saturated heterocycles. The van der Waals surface area contributed by atoms with Crippen molar-refractivity contribution < 1.29 is 9.90 Å². The van der Waals surface area contributed by atoms with Gasteiger partial charge in [-0.3, -0.25) is 14.3 Å². The number of para-hydroxylation sites is 2. The van der Waals surface area contributed by atoms with Crippen molar-refractivity contribution in [2.45, 2.75) is 6.67 Å². The highest BCUT2D eigenvalue weighted by Crippen LogP contribution is 2.38. The van der Waals surface area contributed by atoms with Gasteiger partial charge in [-0.1, -0.05) is 42.5 Å². The van der Waals surface area contributed by atoms with Gasteiger partial charge in [-0.2, -0.15) is 0 Å². The Morgan fingerprint density at radius 1 is 1.07 bits per heavy atom. The highest BCUT2D eigenvalue weighted by molar-refractivity contribution is 5.97. The standard InChI is InChI=1S/C21H19N5O2/c1-25(2)13-26-18-10-6-4-8-15(18)19(21(26)28)23-24-20(27)17-12-11-14-7-3-5-9-16(14)22-17/h3-12,28H,13H2,1-2H3. The van der Waals surface area contributed by atoms with Crippen LogP contribution in [-0.4, -0.2) is 39.6 Å². The predicted octanol–water partition coefficient (Wildman–Crippen LogP) is 4.34. The molecule has 0 fully saturated rings. The number of aromatic nitrogens is 2. The normalized spacial score (nSPS) is 11.8. The number of aromatic hydroxyl groups is 1. The van der Waals surface area contributed by atoms with Crippen LogP contribution in [0.2, 0.25) is 0 Å². The van der Waals surface area contributed by atoms with Crippen molar-refractivity contribution in [3.8, 4) is 5.88 Å². The van der Waals surface area contributed by atoms with Crippen LogP contribution in [-0.2, 0) is 6.67 Å². The van der Waals surface area contributed by atoms with E-state index in [0.29, 0.717) is 12.2 Å². The van der Waals surface area contributed by atoms with Crippen LogP contribution in [0, 0.1) is 0 Å². The van der Waals surface area contributed by atoms with Crippen molar-refractivity contribution in [2.24, 2.45) is 10.2 Å². The van der Waals surface area contributed by atoms with Crippen molar-refractivity contribution in [3.63, 3.8) is 0 Å². The first kappa shape index (κ1) is 17.8.